The van der Waals surface area contributed by atoms with E-state index in [4.69, 9.17) is 9.26 Å². The minimum atomic E-state index is -0.309. The minimum Gasteiger partial charge on any atom is -0.375 e. The van der Waals surface area contributed by atoms with Crippen molar-refractivity contribution in [2.75, 3.05) is 24.4 Å². The fraction of sp³-hybridized carbons (Fsp3) is 0.267. The number of nitrogens with one attached hydrogen (secondary N) is 2. The summed E-state index contributed by atoms with van der Waals surface area (Å²) in [6, 6.07) is 6.83. The molecule has 0 spiro atoms. The minimum absolute atomic E-state index is 0.0321. The van der Waals surface area contributed by atoms with Gasteiger partial charge in [0.15, 0.2) is 0 Å². The number of hydrogen-bond acceptors (Lipinski definition) is 5. The molecule has 0 aliphatic heterocycles. The lowest BCUT2D eigenvalue weighted by Gasteiger charge is -2.08. The predicted molar refractivity (Wildman–Crippen MR) is 80.9 cm³/mol. The summed E-state index contributed by atoms with van der Waals surface area (Å²) in [5.74, 6) is -0.118. The Kier molecular flexibility index (Phi) is 4.90. The van der Waals surface area contributed by atoms with Crippen LogP contribution in [0.15, 0.2) is 28.8 Å². The van der Waals surface area contributed by atoms with Gasteiger partial charge in [-0.3, -0.25) is 9.59 Å². The Hall–Kier alpha value is -2.67. The lowest BCUT2D eigenvalue weighted by molar-refractivity contribution is -0.119. The highest BCUT2D eigenvalue weighted by Crippen LogP contribution is 2.18. The molecule has 0 bridgehead atoms. The highest BCUT2D eigenvalue weighted by atomic mass is 16.5. The highest BCUT2D eigenvalue weighted by molar-refractivity contribution is 6.06. The van der Waals surface area contributed by atoms with E-state index >= 15 is 0 Å². The first-order chi connectivity index (χ1) is 10.5. The zero-order valence-electron chi connectivity index (χ0n) is 12.6. The van der Waals surface area contributed by atoms with E-state index < -0.39 is 0 Å². The lowest BCUT2D eigenvalue weighted by atomic mass is 10.2. The third-order valence-electron chi connectivity index (χ3n) is 2.94. The summed E-state index contributed by atoms with van der Waals surface area (Å²) in [5, 5.41) is 9.17. The monoisotopic (exact) mass is 303 g/mol. The van der Waals surface area contributed by atoms with Crippen LogP contribution in [-0.4, -0.2) is 30.7 Å². The van der Waals surface area contributed by atoms with Gasteiger partial charge in [0.1, 0.15) is 17.9 Å². The molecule has 7 heteroatoms. The van der Waals surface area contributed by atoms with Crippen LogP contribution >= 0.6 is 0 Å². The van der Waals surface area contributed by atoms with E-state index in [2.05, 4.69) is 15.8 Å². The molecule has 0 radical (unpaired) electrons. The van der Waals surface area contributed by atoms with Crippen molar-refractivity contribution in [2.45, 2.75) is 13.8 Å². The number of benzene rings is 1. The number of nitrogens with zero attached hydrogens (tertiary/aromatic N) is 1. The molecule has 2 amide bonds. The number of rotatable bonds is 5. The Balaban J connectivity index is 2.10. The summed E-state index contributed by atoms with van der Waals surface area (Å²) >= 11 is 0. The van der Waals surface area contributed by atoms with Gasteiger partial charge in [0.2, 0.25) is 5.91 Å². The van der Waals surface area contributed by atoms with Crippen LogP contribution in [0.1, 0.15) is 21.8 Å². The van der Waals surface area contributed by atoms with Crippen molar-refractivity contribution < 1.29 is 18.8 Å². The van der Waals surface area contributed by atoms with Crippen LogP contribution in [0.4, 0.5) is 11.4 Å². The van der Waals surface area contributed by atoms with Crippen LogP contribution in [-0.2, 0) is 9.53 Å². The Morgan fingerprint density at radius 3 is 2.50 bits per heavy atom. The zero-order valence-corrected chi connectivity index (χ0v) is 12.6. The summed E-state index contributed by atoms with van der Waals surface area (Å²) in [5.41, 5.74) is 2.06. The molecule has 2 rings (SSSR count). The Morgan fingerprint density at radius 2 is 1.91 bits per heavy atom. The number of carbonyl (C=O) groups is 2. The Bertz CT molecular complexity index is 674. The molecule has 7 nitrogen and oxygen atoms in total. The second-order valence-electron chi connectivity index (χ2n) is 4.72. The topological polar surface area (TPSA) is 93.5 Å². The molecule has 1 heterocycles. The van der Waals surface area contributed by atoms with Gasteiger partial charge in [0.05, 0.1) is 5.69 Å². The number of amides is 2. The molecule has 2 aromatic rings. The second kappa shape index (κ2) is 6.86. The number of aromatic nitrogens is 1. The first kappa shape index (κ1) is 15.7. The summed E-state index contributed by atoms with van der Waals surface area (Å²) in [6.45, 7) is 3.35. The maximum atomic E-state index is 12.2. The molecule has 0 aliphatic rings. The molecule has 1 aromatic heterocycles. The number of carbonyl (C=O) groups excluding carboxylic acids is 2. The van der Waals surface area contributed by atoms with Gasteiger partial charge in [-0.1, -0.05) is 11.2 Å². The number of anilines is 2. The largest absolute Gasteiger partial charge is 0.375 e. The molecular formula is C15H17N3O4. The predicted octanol–water partition coefficient (Wildman–Crippen LogP) is 2.13. The van der Waals surface area contributed by atoms with Crippen LogP contribution in [0.3, 0.4) is 0 Å². The maximum absolute atomic E-state index is 12.2. The van der Waals surface area contributed by atoms with Crippen molar-refractivity contribution in [2.24, 2.45) is 0 Å². The van der Waals surface area contributed by atoms with E-state index in [1.54, 1.807) is 38.1 Å². The van der Waals surface area contributed by atoms with Gasteiger partial charge >= 0.3 is 0 Å². The maximum Gasteiger partial charge on any atom is 0.261 e. The second-order valence-corrected chi connectivity index (χ2v) is 4.72. The van der Waals surface area contributed by atoms with Gasteiger partial charge in [-0.2, -0.15) is 0 Å². The molecule has 2 N–H and O–H groups in total. The first-order valence-electron chi connectivity index (χ1n) is 6.64. The highest BCUT2D eigenvalue weighted by Gasteiger charge is 2.17. The van der Waals surface area contributed by atoms with Gasteiger partial charge < -0.3 is 19.9 Å². The Morgan fingerprint density at radius 1 is 1.23 bits per heavy atom. The van der Waals surface area contributed by atoms with E-state index in [-0.39, 0.29) is 18.4 Å². The summed E-state index contributed by atoms with van der Waals surface area (Å²) in [7, 11) is 1.44. The zero-order chi connectivity index (χ0) is 16.1. The van der Waals surface area contributed by atoms with E-state index in [1.807, 2.05) is 0 Å². The number of aryl methyl sites for hydroxylation is 2. The number of hydrogen-bond donors (Lipinski definition) is 2. The fourth-order valence-corrected chi connectivity index (χ4v) is 2.00. The summed E-state index contributed by atoms with van der Waals surface area (Å²) in [6.07, 6.45) is 0. The van der Waals surface area contributed by atoms with Gasteiger partial charge in [0, 0.05) is 18.5 Å². The molecule has 22 heavy (non-hydrogen) atoms. The Labute approximate surface area is 127 Å². The number of methoxy groups -OCH3 is 1. The van der Waals surface area contributed by atoms with Gasteiger partial charge in [-0.25, -0.2) is 0 Å². The standard InChI is InChI=1S/C15H17N3O4/c1-9-14(10(2)22-18-9)15(20)17-12-6-4-5-11(7-12)16-13(19)8-21-3/h4-7H,8H2,1-3H3,(H,16,19)(H,17,20). The van der Waals surface area contributed by atoms with Crippen LogP contribution in [0, 0.1) is 13.8 Å². The molecule has 0 saturated carbocycles. The van der Waals surface area contributed by atoms with Gasteiger partial charge in [-0.15, -0.1) is 0 Å². The molecule has 0 unspecified atom stereocenters. The molecular weight excluding hydrogens is 286 g/mol. The van der Waals surface area contributed by atoms with Crippen molar-refractivity contribution in [1.82, 2.24) is 5.16 Å². The third-order valence-corrected chi connectivity index (χ3v) is 2.94. The van der Waals surface area contributed by atoms with Crippen molar-refractivity contribution in [1.29, 1.82) is 0 Å². The molecule has 0 fully saturated rings. The fourth-order valence-electron chi connectivity index (χ4n) is 2.00. The van der Waals surface area contributed by atoms with Crippen molar-refractivity contribution in [3.8, 4) is 0 Å². The molecule has 1 aromatic carbocycles. The third kappa shape index (κ3) is 3.70. The first-order valence-corrected chi connectivity index (χ1v) is 6.64. The van der Waals surface area contributed by atoms with E-state index in [0.29, 0.717) is 28.4 Å². The molecule has 0 aliphatic carbocycles. The summed E-state index contributed by atoms with van der Waals surface area (Å²) in [4.78, 5) is 23.7. The smallest absolute Gasteiger partial charge is 0.261 e. The van der Waals surface area contributed by atoms with E-state index in [0.717, 1.165) is 0 Å². The number of ether oxygens (including phenoxy) is 1. The summed E-state index contributed by atoms with van der Waals surface area (Å²) < 4.78 is 9.72. The van der Waals surface area contributed by atoms with Crippen molar-refractivity contribution in [3.63, 3.8) is 0 Å². The molecule has 116 valence electrons. The molecule has 0 atom stereocenters. The van der Waals surface area contributed by atoms with Crippen molar-refractivity contribution >= 4 is 23.2 Å². The van der Waals surface area contributed by atoms with Crippen LogP contribution < -0.4 is 10.6 Å². The average molecular weight is 303 g/mol. The molecule has 0 saturated heterocycles. The lowest BCUT2D eigenvalue weighted by Crippen LogP contribution is -2.17. The van der Waals surface area contributed by atoms with Crippen LogP contribution in [0.2, 0.25) is 0 Å². The normalized spacial score (nSPS) is 10.3. The average Bonchev–Trinajstić information content (AvgIpc) is 2.78. The van der Waals surface area contributed by atoms with E-state index in [9.17, 15) is 9.59 Å². The van der Waals surface area contributed by atoms with Crippen LogP contribution in [0.25, 0.3) is 0 Å². The van der Waals surface area contributed by atoms with Crippen molar-refractivity contribution in [3.05, 3.63) is 41.3 Å². The van der Waals surface area contributed by atoms with Gasteiger partial charge in [-0.05, 0) is 32.0 Å². The SMILES string of the molecule is COCC(=O)Nc1cccc(NC(=O)c2c(C)noc2C)c1. The van der Waals surface area contributed by atoms with Gasteiger partial charge in [0.25, 0.3) is 5.91 Å². The van der Waals surface area contributed by atoms with E-state index in [1.165, 1.54) is 7.11 Å². The quantitative estimate of drug-likeness (QED) is 0.882. The van der Waals surface area contributed by atoms with Crippen LogP contribution in [0.5, 0.6) is 0 Å².